The first-order valence-electron chi connectivity index (χ1n) is 11.2. The molecule has 3 aromatic carbocycles. The maximum atomic E-state index is 12.8. The summed E-state index contributed by atoms with van der Waals surface area (Å²) < 4.78 is 17.6. The first-order valence-corrected chi connectivity index (χ1v) is 11.2. The summed E-state index contributed by atoms with van der Waals surface area (Å²) in [7, 11) is 0. The van der Waals surface area contributed by atoms with Crippen LogP contribution in [0.15, 0.2) is 78.9 Å². The van der Waals surface area contributed by atoms with E-state index in [0.717, 1.165) is 16.7 Å². The molecule has 0 aromatic heterocycles. The number of hydrogen-bond acceptors (Lipinski definition) is 6. The molecule has 0 radical (unpaired) electrons. The van der Waals surface area contributed by atoms with Crippen molar-refractivity contribution < 1.29 is 23.8 Å². The number of benzene rings is 3. The number of rotatable bonds is 12. The summed E-state index contributed by atoms with van der Waals surface area (Å²) >= 11 is 0. The van der Waals surface area contributed by atoms with Gasteiger partial charge in [-0.1, -0.05) is 66.7 Å². The zero-order valence-corrected chi connectivity index (χ0v) is 19.9. The second-order valence-corrected chi connectivity index (χ2v) is 8.52. The lowest BCUT2D eigenvalue weighted by Crippen LogP contribution is -2.40. The Morgan fingerprint density at radius 2 is 1.47 bits per heavy atom. The van der Waals surface area contributed by atoms with Gasteiger partial charge in [0, 0.05) is 18.2 Å². The van der Waals surface area contributed by atoms with Gasteiger partial charge in [-0.2, -0.15) is 0 Å². The fourth-order valence-electron chi connectivity index (χ4n) is 3.19. The summed E-state index contributed by atoms with van der Waals surface area (Å²) in [5.74, 6) is 0.663. The highest BCUT2D eigenvalue weighted by Crippen LogP contribution is 2.29. The van der Waals surface area contributed by atoms with Crippen LogP contribution in [0.25, 0.3) is 0 Å². The van der Waals surface area contributed by atoms with Crippen LogP contribution in [0.2, 0.25) is 0 Å². The summed E-state index contributed by atoms with van der Waals surface area (Å²) in [4.78, 5) is 24.1. The maximum absolute atomic E-state index is 12.8. The zero-order chi connectivity index (χ0) is 24.4. The fraction of sp³-hybridized carbons (Fsp3) is 0.286. The summed E-state index contributed by atoms with van der Waals surface area (Å²) in [5, 5.41) is 3.09. The predicted octanol–water partition coefficient (Wildman–Crippen LogP) is 4.85. The molecule has 3 aromatic rings. The standard InChI is InChI=1S/C28H31NO5/c1-21(30)17-29-18-24-14-15-25(32-19-22-10-6-4-7-11-22)16-26(24)34-28(2,3)27(31)33-20-23-12-8-5-9-13-23/h4-16,29H,17-20H2,1-3H3. The van der Waals surface area contributed by atoms with E-state index in [9.17, 15) is 9.59 Å². The number of carbonyl (C=O) groups excluding carboxylic acids is 2. The number of nitrogens with one attached hydrogen (secondary N) is 1. The molecule has 0 aliphatic rings. The molecule has 1 N–H and O–H groups in total. The maximum Gasteiger partial charge on any atom is 0.350 e. The molecule has 0 bridgehead atoms. The van der Waals surface area contributed by atoms with Crippen LogP contribution < -0.4 is 14.8 Å². The number of ketones is 1. The monoisotopic (exact) mass is 461 g/mol. The van der Waals surface area contributed by atoms with Crippen LogP contribution >= 0.6 is 0 Å². The molecule has 6 heteroatoms. The Kier molecular flexibility index (Phi) is 8.82. The number of hydrogen-bond donors (Lipinski definition) is 1. The van der Waals surface area contributed by atoms with Gasteiger partial charge >= 0.3 is 5.97 Å². The molecular formula is C28H31NO5. The van der Waals surface area contributed by atoms with Crippen LogP contribution in [0.3, 0.4) is 0 Å². The second kappa shape index (κ2) is 12.0. The Morgan fingerprint density at radius 1 is 0.853 bits per heavy atom. The highest BCUT2D eigenvalue weighted by molar-refractivity contribution is 5.79. The van der Waals surface area contributed by atoms with E-state index in [1.165, 1.54) is 6.92 Å². The van der Waals surface area contributed by atoms with E-state index in [0.29, 0.717) is 24.7 Å². The Labute approximate surface area is 200 Å². The van der Waals surface area contributed by atoms with Crippen molar-refractivity contribution in [3.8, 4) is 11.5 Å². The van der Waals surface area contributed by atoms with Crippen LogP contribution in [0.1, 0.15) is 37.5 Å². The van der Waals surface area contributed by atoms with Gasteiger partial charge in [0.05, 0.1) is 6.54 Å². The Bertz CT molecular complexity index is 1080. The van der Waals surface area contributed by atoms with Gasteiger partial charge in [-0.15, -0.1) is 0 Å². The quantitative estimate of drug-likeness (QED) is 0.389. The molecule has 0 unspecified atom stereocenters. The SMILES string of the molecule is CC(=O)CNCc1ccc(OCc2ccccc2)cc1OC(C)(C)C(=O)OCc1ccccc1. The first kappa shape index (κ1) is 25.0. The van der Waals surface area contributed by atoms with Crippen molar-refractivity contribution >= 4 is 11.8 Å². The van der Waals surface area contributed by atoms with E-state index in [1.54, 1.807) is 19.9 Å². The second-order valence-electron chi connectivity index (χ2n) is 8.52. The van der Waals surface area contributed by atoms with Gasteiger partial charge in [-0.25, -0.2) is 4.79 Å². The Morgan fingerprint density at radius 3 is 2.09 bits per heavy atom. The molecule has 0 saturated carbocycles. The normalized spacial score (nSPS) is 11.0. The van der Waals surface area contributed by atoms with E-state index in [2.05, 4.69) is 5.32 Å². The highest BCUT2D eigenvalue weighted by atomic mass is 16.6. The molecule has 6 nitrogen and oxygen atoms in total. The average molecular weight is 462 g/mol. The molecular weight excluding hydrogens is 430 g/mol. The van der Waals surface area contributed by atoms with Gasteiger partial charge in [0.2, 0.25) is 0 Å². The third-order valence-electron chi connectivity index (χ3n) is 5.05. The van der Waals surface area contributed by atoms with Gasteiger partial charge in [0.25, 0.3) is 0 Å². The number of esters is 1. The van der Waals surface area contributed by atoms with Gasteiger partial charge in [0.15, 0.2) is 5.60 Å². The summed E-state index contributed by atoms with van der Waals surface area (Å²) in [6, 6.07) is 24.8. The fourth-order valence-corrected chi connectivity index (χ4v) is 3.19. The van der Waals surface area contributed by atoms with Gasteiger partial charge in [-0.05, 0) is 38.0 Å². The lowest BCUT2D eigenvalue weighted by molar-refractivity contribution is -0.160. The molecule has 0 aliphatic heterocycles. The summed E-state index contributed by atoms with van der Waals surface area (Å²) in [5.41, 5.74) is 1.51. The Balaban J connectivity index is 1.72. The molecule has 34 heavy (non-hydrogen) atoms. The molecule has 3 rings (SSSR count). The predicted molar refractivity (Wildman–Crippen MR) is 131 cm³/mol. The van der Waals surface area contributed by atoms with Crippen LogP contribution in [-0.4, -0.2) is 23.9 Å². The van der Waals surface area contributed by atoms with E-state index >= 15 is 0 Å². The van der Waals surface area contributed by atoms with Gasteiger partial charge in [0.1, 0.15) is 30.5 Å². The minimum atomic E-state index is -1.23. The number of carbonyl (C=O) groups is 2. The summed E-state index contributed by atoms with van der Waals surface area (Å²) in [6.07, 6.45) is 0. The third-order valence-corrected chi connectivity index (χ3v) is 5.05. The molecule has 0 atom stereocenters. The largest absolute Gasteiger partial charge is 0.489 e. The minimum Gasteiger partial charge on any atom is -0.489 e. The van der Waals surface area contributed by atoms with Crippen LogP contribution in [0, 0.1) is 0 Å². The van der Waals surface area contributed by atoms with Crippen molar-refractivity contribution in [1.82, 2.24) is 5.32 Å². The van der Waals surface area contributed by atoms with Gasteiger partial charge in [-0.3, -0.25) is 4.79 Å². The van der Waals surface area contributed by atoms with E-state index in [1.807, 2.05) is 72.8 Å². The molecule has 0 aliphatic carbocycles. The lowest BCUT2D eigenvalue weighted by Gasteiger charge is -2.26. The molecule has 0 fully saturated rings. The van der Waals surface area contributed by atoms with E-state index in [4.69, 9.17) is 14.2 Å². The van der Waals surface area contributed by atoms with Crippen LogP contribution in [-0.2, 0) is 34.1 Å². The molecule has 0 amide bonds. The molecule has 178 valence electrons. The van der Waals surface area contributed by atoms with Crippen LogP contribution in [0.5, 0.6) is 11.5 Å². The molecule has 0 spiro atoms. The van der Waals surface area contributed by atoms with Crippen molar-refractivity contribution in [2.75, 3.05) is 6.54 Å². The summed E-state index contributed by atoms with van der Waals surface area (Å²) in [6.45, 7) is 6.09. The number of Topliss-reactive ketones (excluding diaryl/α,β-unsaturated/α-hetero) is 1. The van der Waals surface area contributed by atoms with Crippen molar-refractivity contribution in [2.24, 2.45) is 0 Å². The van der Waals surface area contributed by atoms with Crippen molar-refractivity contribution in [3.05, 3.63) is 95.6 Å². The van der Waals surface area contributed by atoms with E-state index in [-0.39, 0.29) is 18.9 Å². The first-order chi connectivity index (χ1) is 16.3. The smallest absolute Gasteiger partial charge is 0.350 e. The average Bonchev–Trinajstić information content (AvgIpc) is 2.83. The lowest BCUT2D eigenvalue weighted by atomic mass is 10.1. The third kappa shape index (κ3) is 7.74. The van der Waals surface area contributed by atoms with Crippen molar-refractivity contribution in [3.63, 3.8) is 0 Å². The minimum absolute atomic E-state index is 0.0371. The molecule has 0 heterocycles. The van der Waals surface area contributed by atoms with Crippen LogP contribution in [0.4, 0.5) is 0 Å². The Hall–Kier alpha value is -3.64. The van der Waals surface area contributed by atoms with Crippen molar-refractivity contribution in [1.29, 1.82) is 0 Å². The van der Waals surface area contributed by atoms with Crippen molar-refractivity contribution in [2.45, 2.75) is 46.1 Å². The van der Waals surface area contributed by atoms with Gasteiger partial charge < -0.3 is 19.5 Å². The number of ether oxygens (including phenoxy) is 3. The highest BCUT2D eigenvalue weighted by Gasteiger charge is 2.33. The molecule has 0 saturated heterocycles. The van der Waals surface area contributed by atoms with E-state index < -0.39 is 11.6 Å². The topological polar surface area (TPSA) is 73.9 Å². The zero-order valence-electron chi connectivity index (χ0n) is 19.9.